The molecule has 1 N–H and O–H groups in total. The molecule has 2 rings (SSSR count). The molecule has 1 fully saturated rings. The summed E-state index contributed by atoms with van der Waals surface area (Å²) in [6, 6.07) is 5.50. The molecule has 1 aromatic rings. The van der Waals surface area contributed by atoms with Crippen molar-refractivity contribution in [2.24, 2.45) is 11.8 Å². The van der Waals surface area contributed by atoms with E-state index in [-0.39, 0.29) is 18.4 Å². The molecule has 0 aliphatic heterocycles. The molecule has 0 saturated heterocycles. The predicted molar refractivity (Wildman–Crippen MR) is 112 cm³/mol. The van der Waals surface area contributed by atoms with Gasteiger partial charge in [0.1, 0.15) is 5.92 Å². The van der Waals surface area contributed by atoms with Crippen LogP contribution in [-0.4, -0.2) is 29.6 Å². The van der Waals surface area contributed by atoms with E-state index in [0.29, 0.717) is 23.2 Å². The van der Waals surface area contributed by atoms with Crippen molar-refractivity contribution in [2.45, 2.75) is 57.8 Å². The summed E-state index contributed by atoms with van der Waals surface area (Å²) < 4.78 is 5.63. The Morgan fingerprint density at radius 2 is 2.00 bits per heavy atom. The number of rotatable bonds is 8. The molecule has 1 atom stereocenters. The lowest BCUT2D eigenvalue weighted by molar-refractivity contribution is -0.145. The molecule has 1 aliphatic rings. The average Bonchev–Trinajstić information content (AvgIpc) is 2.66. The first-order valence-electron chi connectivity index (χ1n) is 9.44. The fourth-order valence-electron chi connectivity index (χ4n) is 3.52. The molecular formula is C20H31ClN2O2S. The number of esters is 1. The number of aromatic nitrogens is 1. The lowest BCUT2D eigenvalue weighted by atomic mass is 9.80. The summed E-state index contributed by atoms with van der Waals surface area (Å²) in [6.07, 6.45) is 10.5. The van der Waals surface area contributed by atoms with Gasteiger partial charge in [-0.15, -0.1) is 12.4 Å². The van der Waals surface area contributed by atoms with Crippen molar-refractivity contribution in [1.82, 2.24) is 10.3 Å². The van der Waals surface area contributed by atoms with Crippen LogP contribution in [0, 0.1) is 11.8 Å². The van der Waals surface area contributed by atoms with E-state index in [1.165, 1.54) is 32.1 Å². The normalized spacial score (nSPS) is 20.5. The van der Waals surface area contributed by atoms with E-state index in [4.69, 9.17) is 17.0 Å². The number of pyridine rings is 1. The second-order valence-corrected chi connectivity index (χ2v) is 7.40. The monoisotopic (exact) mass is 398 g/mol. The minimum atomic E-state index is -0.623. The molecule has 146 valence electrons. The van der Waals surface area contributed by atoms with Gasteiger partial charge in [0.2, 0.25) is 0 Å². The van der Waals surface area contributed by atoms with Crippen LogP contribution in [0.5, 0.6) is 0 Å². The smallest absolute Gasteiger partial charge is 0.322 e. The zero-order valence-corrected chi connectivity index (χ0v) is 17.4. The number of likely N-dealkylation sites (N-methyl/N-ethyl adjacent to an activating group) is 1. The number of halogens is 1. The standard InChI is InChI=1S/C20H30N2O2S.ClH/c1-3-4-7-15-9-11-16(12-10-15)14-24-20(23)18(19(25)21-2)17-8-5-6-13-22-17;/h5-6,8,13,15-16,18H,3-4,7,9-12,14H2,1-2H3,(H,21,25);1H/t15-,16-,18?;. The highest BCUT2D eigenvalue weighted by molar-refractivity contribution is 7.80. The van der Waals surface area contributed by atoms with E-state index in [9.17, 15) is 4.79 Å². The first-order valence-corrected chi connectivity index (χ1v) is 9.85. The van der Waals surface area contributed by atoms with Crippen molar-refractivity contribution >= 4 is 35.6 Å². The Balaban J connectivity index is 0.00000338. The largest absolute Gasteiger partial charge is 0.465 e. The minimum Gasteiger partial charge on any atom is -0.465 e. The Kier molecular flexibility index (Phi) is 10.7. The van der Waals surface area contributed by atoms with Gasteiger partial charge in [-0.2, -0.15) is 0 Å². The molecule has 1 saturated carbocycles. The van der Waals surface area contributed by atoms with Crippen molar-refractivity contribution in [3.05, 3.63) is 30.1 Å². The Morgan fingerprint density at radius 1 is 1.31 bits per heavy atom. The van der Waals surface area contributed by atoms with Gasteiger partial charge < -0.3 is 10.1 Å². The number of unbranched alkanes of at least 4 members (excludes halogenated alkanes) is 1. The third-order valence-corrected chi connectivity index (χ3v) is 5.56. The maximum Gasteiger partial charge on any atom is 0.322 e. The van der Waals surface area contributed by atoms with Crippen LogP contribution in [0.4, 0.5) is 0 Å². The molecule has 1 aromatic heterocycles. The molecule has 1 heterocycles. The van der Waals surface area contributed by atoms with Crippen molar-refractivity contribution in [1.29, 1.82) is 0 Å². The van der Waals surface area contributed by atoms with E-state index >= 15 is 0 Å². The predicted octanol–water partition coefficient (Wildman–Crippen LogP) is 4.67. The van der Waals surface area contributed by atoms with Gasteiger partial charge in [-0.25, -0.2) is 0 Å². The van der Waals surface area contributed by atoms with Crippen LogP contribution < -0.4 is 5.32 Å². The molecule has 4 nitrogen and oxygen atoms in total. The number of ether oxygens (including phenoxy) is 1. The summed E-state index contributed by atoms with van der Waals surface area (Å²) >= 11 is 5.31. The topological polar surface area (TPSA) is 51.2 Å². The number of thiocarbonyl (C=S) groups is 1. The number of carbonyl (C=O) groups is 1. The van der Waals surface area contributed by atoms with Gasteiger partial charge in [0.15, 0.2) is 0 Å². The van der Waals surface area contributed by atoms with Gasteiger partial charge in [-0.05, 0) is 36.8 Å². The summed E-state index contributed by atoms with van der Waals surface area (Å²) in [7, 11) is 1.73. The first kappa shape index (κ1) is 22.8. The molecule has 0 spiro atoms. The van der Waals surface area contributed by atoms with Crippen LogP contribution in [0.25, 0.3) is 0 Å². The van der Waals surface area contributed by atoms with Crippen molar-refractivity contribution in [3.63, 3.8) is 0 Å². The van der Waals surface area contributed by atoms with Gasteiger partial charge in [0.05, 0.1) is 17.3 Å². The van der Waals surface area contributed by atoms with Crippen LogP contribution >= 0.6 is 24.6 Å². The van der Waals surface area contributed by atoms with E-state index < -0.39 is 5.92 Å². The third kappa shape index (κ3) is 6.84. The second-order valence-electron chi connectivity index (χ2n) is 6.96. The number of nitrogens with zero attached hydrogens (tertiary/aromatic N) is 1. The van der Waals surface area contributed by atoms with Crippen LogP contribution in [0.3, 0.4) is 0 Å². The summed E-state index contributed by atoms with van der Waals surface area (Å²) in [5.41, 5.74) is 0.634. The highest BCUT2D eigenvalue weighted by Crippen LogP contribution is 2.32. The summed E-state index contributed by atoms with van der Waals surface area (Å²) in [6.45, 7) is 2.74. The average molecular weight is 399 g/mol. The molecule has 1 aliphatic carbocycles. The lowest BCUT2D eigenvalue weighted by Gasteiger charge is -2.28. The molecule has 6 heteroatoms. The summed E-state index contributed by atoms with van der Waals surface area (Å²) in [5, 5.41) is 2.90. The van der Waals surface area contributed by atoms with Gasteiger partial charge in [0.25, 0.3) is 0 Å². The van der Waals surface area contributed by atoms with Gasteiger partial charge in [-0.3, -0.25) is 9.78 Å². The van der Waals surface area contributed by atoms with Gasteiger partial charge in [0, 0.05) is 13.2 Å². The van der Waals surface area contributed by atoms with Crippen LogP contribution in [-0.2, 0) is 9.53 Å². The van der Waals surface area contributed by atoms with Crippen molar-refractivity contribution < 1.29 is 9.53 Å². The number of hydrogen-bond acceptors (Lipinski definition) is 4. The molecular weight excluding hydrogens is 368 g/mol. The molecule has 0 aromatic carbocycles. The molecule has 0 amide bonds. The van der Waals surface area contributed by atoms with Gasteiger partial charge >= 0.3 is 5.97 Å². The number of nitrogens with one attached hydrogen (secondary N) is 1. The van der Waals surface area contributed by atoms with E-state index in [0.717, 1.165) is 18.8 Å². The minimum absolute atomic E-state index is 0. The second kappa shape index (κ2) is 12.2. The molecule has 26 heavy (non-hydrogen) atoms. The van der Waals surface area contributed by atoms with Crippen LogP contribution in [0.2, 0.25) is 0 Å². The SMILES string of the molecule is CCCC[C@H]1CC[C@H](COC(=O)C(C(=S)NC)c2ccccn2)CC1.Cl. The molecule has 1 unspecified atom stereocenters. The fraction of sp³-hybridized carbons (Fsp3) is 0.650. The number of carbonyl (C=O) groups excluding carboxylic acids is 1. The van der Waals surface area contributed by atoms with Crippen LogP contribution in [0.15, 0.2) is 24.4 Å². The molecule has 0 radical (unpaired) electrons. The maximum absolute atomic E-state index is 12.6. The highest BCUT2D eigenvalue weighted by Gasteiger charge is 2.29. The van der Waals surface area contributed by atoms with Crippen LogP contribution in [0.1, 0.15) is 63.5 Å². The summed E-state index contributed by atoms with van der Waals surface area (Å²) in [4.78, 5) is 17.3. The van der Waals surface area contributed by atoms with Crippen molar-refractivity contribution in [3.8, 4) is 0 Å². The Morgan fingerprint density at radius 3 is 2.58 bits per heavy atom. The Hall–Kier alpha value is -1.20. The number of hydrogen-bond donors (Lipinski definition) is 1. The molecule has 0 bridgehead atoms. The zero-order valence-electron chi connectivity index (χ0n) is 15.8. The van der Waals surface area contributed by atoms with Crippen molar-refractivity contribution in [2.75, 3.05) is 13.7 Å². The Bertz CT molecular complexity index is 548. The summed E-state index contributed by atoms with van der Waals surface area (Å²) in [5.74, 6) is 0.424. The van der Waals surface area contributed by atoms with E-state index in [2.05, 4.69) is 17.2 Å². The fourth-order valence-corrected chi connectivity index (χ4v) is 3.73. The maximum atomic E-state index is 12.6. The zero-order chi connectivity index (χ0) is 18.1. The van der Waals surface area contributed by atoms with Gasteiger partial charge in [-0.1, -0.05) is 57.3 Å². The quantitative estimate of drug-likeness (QED) is 0.509. The Labute approximate surface area is 168 Å². The van der Waals surface area contributed by atoms with E-state index in [1.807, 2.05) is 18.2 Å². The lowest BCUT2D eigenvalue weighted by Crippen LogP contribution is -2.32. The first-order chi connectivity index (χ1) is 12.2. The highest BCUT2D eigenvalue weighted by atomic mass is 35.5. The third-order valence-electron chi connectivity index (χ3n) is 5.12. The van der Waals surface area contributed by atoms with E-state index in [1.54, 1.807) is 13.2 Å².